The van der Waals surface area contributed by atoms with Crippen molar-refractivity contribution in [2.24, 2.45) is 4.99 Å². The Kier molecular flexibility index (Phi) is 7.61. The number of benzene rings is 2. The van der Waals surface area contributed by atoms with Crippen LogP contribution in [-0.2, 0) is 13.1 Å². The third-order valence-corrected chi connectivity index (χ3v) is 5.46. The van der Waals surface area contributed by atoms with E-state index in [2.05, 4.69) is 32.7 Å². The van der Waals surface area contributed by atoms with Gasteiger partial charge < -0.3 is 20.5 Å². The summed E-state index contributed by atoms with van der Waals surface area (Å²) in [5.74, 6) is 1.70. The number of aliphatic imine (C=N–C) groups is 1. The normalized spacial score (nSPS) is 15.9. The Morgan fingerprint density at radius 3 is 2.59 bits per heavy atom. The van der Waals surface area contributed by atoms with Crippen LogP contribution in [0.15, 0.2) is 47.5 Å². The van der Waals surface area contributed by atoms with Gasteiger partial charge in [0, 0.05) is 49.9 Å². The van der Waals surface area contributed by atoms with E-state index in [-0.39, 0.29) is 5.75 Å². The van der Waals surface area contributed by atoms with E-state index in [0.29, 0.717) is 12.6 Å². The molecule has 1 aliphatic rings. The van der Waals surface area contributed by atoms with Gasteiger partial charge >= 0.3 is 0 Å². The lowest BCUT2D eigenvalue weighted by Gasteiger charge is -2.33. The van der Waals surface area contributed by atoms with Crippen molar-refractivity contribution in [2.45, 2.75) is 32.0 Å². The zero-order valence-corrected chi connectivity index (χ0v) is 17.7. The number of hydrogen-bond donors (Lipinski definition) is 3. The van der Waals surface area contributed by atoms with Gasteiger partial charge in [0.05, 0.1) is 7.11 Å². The van der Waals surface area contributed by atoms with Gasteiger partial charge in [-0.1, -0.05) is 23.7 Å². The van der Waals surface area contributed by atoms with Gasteiger partial charge in [-0.05, 0) is 48.7 Å². The molecule has 1 fully saturated rings. The average molecular weight is 417 g/mol. The first-order chi connectivity index (χ1) is 14.1. The number of phenolic OH excluding ortho intramolecular Hbond substituents is 1. The highest BCUT2D eigenvalue weighted by molar-refractivity contribution is 6.30. The minimum Gasteiger partial charge on any atom is -0.508 e. The number of nitrogens with zero attached hydrogens (tertiary/aromatic N) is 2. The summed E-state index contributed by atoms with van der Waals surface area (Å²) in [6, 6.07) is 13.7. The summed E-state index contributed by atoms with van der Waals surface area (Å²) >= 11 is 5.97. The number of guanidine groups is 1. The van der Waals surface area contributed by atoms with Crippen molar-refractivity contribution in [2.75, 3.05) is 27.2 Å². The maximum atomic E-state index is 10.0. The molecule has 3 N–H and O–H groups in total. The van der Waals surface area contributed by atoms with Crippen LogP contribution in [0.1, 0.15) is 24.0 Å². The molecule has 2 aromatic rings. The highest BCUT2D eigenvalue weighted by Crippen LogP contribution is 2.22. The molecule has 0 bridgehead atoms. The second-order valence-electron chi connectivity index (χ2n) is 7.24. The molecule has 0 amide bonds. The Labute approximate surface area is 177 Å². The van der Waals surface area contributed by atoms with Crippen LogP contribution in [0.5, 0.6) is 11.5 Å². The zero-order chi connectivity index (χ0) is 20.6. The average Bonchev–Trinajstić information content (AvgIpc) is 2.75. The standard InChI is InChI=1S/C22H29ClN4O2/c1-24-22(25-14-17-13-20(29-2)7-8-21(17)28)26-19-9-11-27(12-10-19)15-16-3-5-18(23)6-4-16/h3-8,13,19,28H,9-12,14-15H2,1-2H3,(H2,24,25,26). The molecule has 29 heavy (non-hydrogen) atoms. The molecule has 0 saturated carbocycles. The van der Waals surface area contributed by atoms with Crippen LogP contribution in [0, 0.1) is 0 Å². The maximum absolute atomic E-state index is 10.0. The molecule has 1 saturated heterocycles. The number of aromatic hydroxyl groups is 1. The number of methoxy groups -OCH3 is 1. The van der Waals surface area contributed by atoms with Crippen LogP contribution in [-0.4, -0.2) is 49.3 Å². The molecule has 3 rings (SSSR count). The molecule has 0 radical (unpaired) electrons. The van der Waals surface area contributed by atoms with Crippen molar-refractivity contribution in [3.63, 3.8) is 0 Å². The van der Waals surface area contributed by atoms with E-state index in [9.17, 15) is 5.11 Å². The summed E-state index contributed by atoms with van der Waals surface area (Å²) < 4.78 is 5.23. The van der Waals surface area contributed by atoms with E-state index in [1.54, 1.807) is 26.3 Å². The fourth-order valence-corrected chi connectivity index (χ4v) is 3.61. The number of halogens is 1. The lowest BCUT2D eigenvalue weighted by atomic mass is 10.0. The van der Waals surface area contributed by atoms with E-state index >= 15 is 0 Å². The fraction of sp³-hybridized carbons (Fsp3) is 0.409. The first kappa shape index (κ1) is 21.3. The molecule has 0 atom stereocenters. The van der Waals surface area contributed by atoms with Gasteiger partial charge in [0.25, 0.3) is 0 Å². The van der Waals surface area contributed by atoms with E-state index < -0.39 is 0 Å². The number of rotatable bonds is 6. The number of hydrogen-bond acceptors (Lipinski definition) is 4. The third kappa shape index (κ3) is 6.27. The molecule has 6 nitrogen and oxygen atoms in total. The maximum Gasteiger partial charge on any atom is 0.191 e. The highest BCUT2D eigenvalue weighted by atomic mass is 35.5. The molecule has 1 heterocycles. The van der Waals surface area contributed by atoms with Crippen molar-refractivity contribution in [3.8, 4) is 11.5 Å². The molecule has 0 aliphatic carbocycles. The summed E-state index contributed by atoms with van der Waals surface area (Å²) in [6.45, 7) is 3.49. The van der Waals surface area contributed by atoms with Crippen molar-refractivity contribution in [1.82, 2.24) is 15.5 Å². The van der Waals surface area contributed by atoms with Crippen molar-refractivity contribution < 1.29 is 9.84 Å². The molecular weight excluding hydrogens is 388 g/mol. The highest BCUT2D eigenvalue weighted by Gasteiger charge is 2.20. The van der Waals surface area contributed by atoms with Gasteiger partial charge in [-0.15, -0.1) is 0 Å². The molecular formula is C22H29ClN4O2. The van der Waals surface area contributed by atoms with E-state index in [4.69, 9.17) is 16.3 Å². The van der Waals surface area contributed by atoms with Gasteiger partial charge in [0.1, 0.15) is 11.5 Å². The Hall–Kier alpha value is -2.44. The summed E-state index contributed by atoms with van der Waals surface area (Å²) in [5, 5.41) is 17.6. The van der Waals surface area contributed by atoms with Crippen molar-refractivity contribution in [1.29, 1.82) is 0 Å². The molecule has 1 aliphatic heterocycles. The van der Waals surface area contributed by atoms with Crippen LogP contribution in [0.4, 0.5) is 0 Å². The molecule has 0 spiro atoms. The fourth-order valence-electron chi connectivity index (χ4n) is 3.48. The van der Waals surface area contributed by atoms with E-state index in [1.165, 1.54) is 5.56 Å². The lowest BCUT2D eigenvalue weighted by Crippen LogP contribution is -2.48. The van der Waals surface area contributed by atoms with Crippen LogP contribution in [0.25, 0.3) is 0 Å². The smallest absolute Gasteiger partial charge is 0.191 e. The second kappa shape index (κ2) is 10.4. The van der Waals surface area contributed by atoms with Gasteiger partial charge in [-0.2, -0.15) is 0 Å². The topological polar surface area (TPSA) is 69.1 Å². The van der Waals surface area contributed by atoms with Crippen molar-refractivity contribution >= 4 is 17.6 Å². The predicted octanol–water partition coefficient (Wildman–Crippen LogP) is 3.38. The number of ether oxygens (including phenoxy) is 1. The SMILES string of the molecule is CN=C(NCc1cc(OC)ccc1O)NC1CCN(Cc2ccc(Cl)cc2)CC1. The van der Waals surface area contributed by atoms with Crippen LogP contribution >= 0.6 is 11.6 Å². The Bertz CT molecular complexity index is 818. The van der Waals surface area contributed by atoms with Crippen LogP contribution in [0.3, 0.4) is 0 Å². The lowest BCUT2D eigenvalue weighted by molar-refractivity contribution is 0.198. The van der Waals surface area contributed by atoms with E-state index in [0.717, 1.165) is 54.8 Å². The second-order valence-corrected chi connectivity index (χ2v) is 7.68. The number of likely N-dealkylation sites (tertiary alicyclic amines) is 1. The predicted molar refractivity (Wildman–Crippen MR) is 118 cm³/mol. The zero-order valence-electron chi connectivity index (χ0n) is 17.0. The van der Waals surface area contributed by atoms with E-state index in [1.807, 2.05) is 18.2 Å². The third-order valence-electron chi connectivity index (χ3n) is 5.20. The quantitative estimate of drug-likeness (QED) is 0.497. The number of phenols is 1. The minimum atomic E-state index is 0.240. The van der Waals surface area contributed by atoms with Gasteiger partial charge in [0.2, 0.25) is 0 Å². The van der Waals surface area contributed by atoms with Gasteiger partial charge in [-0.3, -0.25) is 9.89 Å². The van der Waals surface area contributed by atoms with Crippen LogP contribution < -0.4 is 15.4 Å². The Morgan fingerprint density at radius 2 is 1.93 bits per heavy atom. The summed E-state index contributed by atoms with van der Waals surface area (Å²) in [7, 11) is 3.37. The molecule has 0 unspecified atom stereocenters. The molecule has 156 valence electrons. The first-order valence-electron chi connectivity index (χ1n) is 9.87. The summed E-state index contributed by atoms with van der Waals surface area (Å²) in [4.78, 5) is 6.78. The minimum absolute atomic E-state index is 0.240. The van der Waals surface area contributed by atoms with Gasteiger partial charge in [0.15, 0.2) is 5.96 Å². The monoisotopic (exact) mass is 416 g/mol. The number of piperidine rings is 1. The van der Waals surface area contributed by atoms with Crippen LogP contribution in [0.2, 0.25) is 5.02 Å². The summed E-state index contributed by atoms with van der Waals surface area (Å²) in [5.41, 5.74) is 2.06. The Balaban J connectivity index is 1.45. The van der Waals surface area contributed by atoms with Gasteiger partial charge in [-0.25, -0.2) is 0 Å². The molecule has 7 heteroatoms. The number of nitrogens with one attached hydrogen (secondary N) is 2. The molecule has 0 aromatic heterocycles. The molecule has 2 aromatic carbocycles. The first-order valence-corrected chi connectivity index (χ1v) is 10.2. The van der Waals surface area contributed by atoms with Crippen molar-refractivity contribution in [3.05, 3.63) is 58.6 Å². The Morgan fingerprint density at radius 1 is 1.21 bits per heavy atom. The largest absolute Gasteiger partial charge is 0.508 e. The summed E-state index contributed by atoms with van der Waals surface area (Å²) in [6.07, 6.45) is 2.11.